The number of para-hydroxylation sites is 1. The first-order chi connectivity index (χ1) is 12.9. The average molecular weight is 427 g/mol. The van der Waals surface area contributed by atoms with Crippen LogP contribution in [0.4, 0.5) is 0 Å². The summed E-state index contributed by atoms with van der Waals surface area (Å²) in [7, 11) is -0.812. The molecule has 2 rings (SSSR count). The molecule has 8 heteroatoms. The van der Waals surface area contributed by atoms with Gasteiger partial charge in [-0.25, -0.2) is 4.79 Å². The molecule has 0 spiro atoms. The molecule has 1 unspecified atom stereocenters. The molecule has 0 amide bonds. The van der Waals surface area contributed by atoms with Crippen molar-refractivity contribution < 1.29 is 23.4 Å². The van der Waals surface area contributed by atoms with E-state index in [-0.39, 0.29) is 22.2 Å². The number of esters is 1. The smallest absolute Gasteiger partial charge is 0.340 e. The minimum atomic E-state index is -3.52. The molecular weight excluding hydrogens is 410 g/mol. The third-order valence-electron chi connectivity index (χ3n) is 3.49. The minimum absolute atomic E-state index is 0.0455. The van der Waals surface area contributed by atoms with Gasteiger partial charge in [0.1, 0.15) is 5.75 Å². The lowest BCUT2D eigenvalue weighted by Gasteiger charge is -2.15. The van der Waals surface area contributed by atoms with E-state index in [4.69, 9.17) is 32.5 Å². The fourth-order valence-electron chi connectivity index (χ4n) is 2.30. The standard InChI is InChI=1S/C19H17Cl2O5P/c1-4-26-27(23,17-8-6-5-7-16(17)24-2)10-9-13-11-14(20)18(15(21)12-13)19(22)25-3/h5-8,11-12H,4H2,1-3H3. The number of halogens is 2. The molecule has 0 saturated heterocycles. The zero-order valence-electron chi connectivity index (χ0n) is 14.9. The Hall–Kier alpha value is -1.96. The molecule has 0 fully saturated rings. The van der Waals surface area contributed by atoms with Crippen LogP contribution >= 0.6 is 30.6 Å². The average Bonchev–Trinajstić information content (AvgIpc) is 2.66. The van der Waals surface area contributed by atoms with Gasteiger partial charge in [0.05, 0.1) is 41.7 Å². The second-order valence-electron chi connectivity index (χ2n) is 5.18. The van der Waals surface area contributed by atoms with Gasteiger partial charge in [-0.15, -0.1) is 0 Å². The highest BCUT2D eigenvalue weighted by Crippen LogP contribution is 2.47. The van der Waals surface area contributed by atoms with Crippen LogP contribution in [0, 0.1) is 11.6 Å². The lowest BCUT2D eigenvalue weighted by atomic mass is 10.1. The van der Waals surface area contributed by atoms with Crippen molar-refractivity contribution in [1.29, 1.82) is 0 Å². The van der Waals surface area contributed by atoms with Gasteiger partial charge >= 0.3 is 13.3 Å². The summed E-state index contributed by atoms with van der Waals surface area (Å²) in [5.74, 6) is 2.53. The van der Waals surface area contributed by atoms with Gasteiger partial charge in [0.15, 0.2) is 0 Å². The van der Waals surface area contributed by atoms with Crippen molar-refractivity contribution in [1.82, 2.24) is 0 Å². The van der Waals surface area contributed by atoms with Crippen molar-refractivity contribution in [3.8, 4) is 17.3 Å². The first kappa shape index (κ1) is 21.3. The SMILES string of the molecule is CCOP(=O)(C#Cc1cc(Cl)c(C(=O)OC)c(Cl)c1)c1ccccc1OC. The minimum Gasteiger partial charge on any atom is -0.496 e. The zero-order chi connectivity index (χ0) is 20.0. The molecule has 0 aliphatic rings. The van der Waals surface area contributed by atoms with Crippen LogP contribution in [0.1, 0.15) is 22.8 Å². The molecule has 2 aromatic carbocycles. The van der Waals surface area contributed by atoms with Crippen LogP contribution in [-0.4, -0.2) is 26.8 Å². The van der Waals surface area contributed by atoms with Crippen LogP contribution in [0.5, 0.6) is 5.75 Å². The number of carbonyl (C=O) groups is 1. The molecule has 1 atom stereocenters. The van der Waals surface area contributed by atoms with Crippen molar-refractivity contribution in [3.63, 3.8) is 0 Å². The predicted octanol–water partition coefficient (Wildman–Crippen LogP) is 4.74. The highest BCUT2D eigenvalue weighted by atomic mass is 35.5. The van der Waals surface area contributed by atoms with Crippen LogP contribution in [-0.2, 0) is 13.8 Å². The topological polar surface area (TPSA) is 61.8 Å². The van der Waals surface area contributed by atoms with Gasteiger partial charge < -0.3 is 14.0 Å². The maximum atomic E-state index is 13.3. The van der Waals surface area contributed by atoms with E-state index in [1.807, 2.05) is 0 Å². The maximum Gasteiger partial charge on any atom is 0.340 e. The molecule has 0 aliphatic heterocycles. The van der Waals surface area contributed by atoms with Gasteiger partial charge in [0.2, 0.25) is 0 Å². The molecule has 0 bridgehead atoms. The van der Waals surface area contributed by atoms with Gasteiger partial charge in [-0.05, 0) is 36.9 Å². The van der Waals surface area contributed by atoms with E-state index in [1.54, 1.807) is 31.2 Å². The Bertz CT molecular complexity index is 939. The summed E-state index contributed by atoms with van der Waals surface area (Å²) >= 11 is 12.2. The number of ether oxygens (including phenoxy) is 2. The van der Waals surface area contributed by atoms with Crippen molar-refractivity contribution in [2.45, 2.75) is 6.92 Å². The molecule has 0 N–H and O–H groups in total. The van der Waals surface area contributed by atoms with Crippen LogP contribution < -0.4 is 10.0 Å². The number of hydrogen-bond donors (Lipinski definition) is 0. The Morgan fingerprint density at radius 3 is 2.33 bits per heavy atom. The third-order valence-corrected chi connectivity index (χ3v) is 6.12. The van der Waals surface area contributed by atoms with Crippen LogP contribution in [0.15, 0.2) is 36.4 Å². The van der Waals surface area contributed by atoms with Gasteiger partial charge in [-0.1, -0.05) is 41.3 Å². The van der Waals surface area contributed by atoms with E-state index in [1.165, 1.54) is 26.4 Å². The second kappa shape index (κ2) is 9.30. The predicted molar refractivity (Wildman–Crippen MR) is 107 cm³/mol. The highest BCUT2D eigenvalue weighted by Gasteiger charge is 2.27. The van der Waals surface area contributed by atoms with E-state index in [0.29, 0.717) is 16.6 Å². The third kappa shape index (κ3) is 4.86. The fourth-order valence-corrected chi connectivity index (χ4v) is 4.64. The van der Waals surface area contributed by atoms with E-state index >= 15 is 0 Å². The number of carbonyl (C=O) groups excluding carboxylic acids is 1. The molecule has 142 valence electrons. The molecular formula is C19H17Cl2O5P. The zero-order valence-corrected chi connectivity index (χ0v) is 17.3. The largest absolute Gasteiger partial charge is 0.496 e. The first-order valence-electron chi connectivity index (χ1n) is 7.85. The Labute approximate surface area is 168 Å². The van der Waals surface area contributed by atoms with E-state index < -0.39 is 13.3 Å². The first-order valence-corrected chi connectivity index (χ1v) is 10.2. The molecule has 0 saturated carbocycles. The summed E-state index contributed by atoms with van der Waals surface area (Å²) in [5, 5.41) is 0.537. The van der Waals surface area contributed by atoms with E-state index in [2.05, 4.69) is 16.3 Å². The highest BCUT2D eigenvalue weighted by molar-refractivity contribution is 7.72. The lowest BCUT2D eigenvalue weighted by Crippen LogP contribution is -2.09. The number of benzene rings is 2. The number of hydrogen-bond acceptors (Lipinski definition) is 5. The number of rotatable bonds is 5. The van der Waals surface area contributed by atoms with Gasteiger partial charge in [-0.3, -0.25) is 4.57 Å². The molecule has 2 aromatic rings. The Kier molecular flexibility index (Phi) is 7.35. The summed E-state index contributed by atoms with van der Waals surface area (Å²) in [6.45, 7) is 1.93. The fraction of sp³-hybridized carbons (Fsp3) is 0.211. The van der Waals surface area contributed by atoms with E-state index in [9.17, 15) is 9.36 Å². The molecule has 0 aliphatic carbocycles. The summed E-state index contributed by atoms with van der Waals surface area (Å²) in [5.41, 5.74) is 3.12. The molecule has 27 heavy (non-hydrogen) atoms. The van der Waals surface area contributed by atoms with Gasteiger partial charge in [0, 0.05) is 5.56 Å². The molecule has 0 radical (unpaired) electrons. The van der Waals surface area contributed by atoms with Crippen molar-refractivity contribution in [2.75, 3.05) is 20.8 Å². The Balaban J connectivity index is 2.52. The van der Waals surface area contributed by atoms with Crippen LogP contribution in [0.2, 0.25) is 10.0 Å². The Morgan fingerprint density at radius 1 is 1.15 bits per heavy atom. The quantitative estimate of drug-likeness (QED) is 0.392. The monoisotopic (exact) mass is 426 g/mol. The molecule has 5 nitrogen and oxygen atoms in total. The van der Waals surface area contributed by atoms with Crippen LogP contribution in [0.25, 0.3) is 0 Å². The normalized spacial score (nSPS) is 12.5. The molecule has 0 aromatic heterocycles. The lowest BCUT2D eigenvalue weighted by molar-refractivity contribution is 0.0601. The Morgan fingerprint density at radius 2 is 1.78 bits per heavy atom. The van der Waals surface area contributed by atoms with Crippen molar-refractivity contribution >= 4 is 41.8 Å². The van der Waals surface area contributed by atoms with Crippen molar-refractivity contribution in [3.05, 3.63) is 57.6 Å². The summed E-state index contributed by atoms with van der Waals surface area (Å²) < 4.78 is 28.7. The second-order valence-corrected chi connectivity index (χ2v) is 8.07. The number of methoxy groups -OCH3 is 2. The summed E-state index contributed by atoms with van der Waals surface area (Å²) in [4.78, 5) is 11.7. The maximum absolute atomic E-state index is 13.3. The molecule has 0 heterocycles. The summed E-state index contributed by atoms with van der Waals surface area (Å²) in [6, 6.07) is 9.71. The summed E-state index contributed by atoms with van der Waals surface area (Å²) in [6.07, 6.45) is 0. The van der Waals surface area contributed by atoms with E-state index in [0.717, 1.165) is 0 Å². The van der Waals surface area contributed by atoms with Crippen molar-refractivity contribution in [2.24, 2.45) is 0 Å². The van der Waals surface area contributed by atoms with Crippen LogP contribution in [0.3, 0.4) is 0 Å². The van der Waals surface area contributed by atoms with Gasteiger partial charge in [0.25, 0.3) is 0 Å². The van der Waals surface area contributed by atoms with Gasteiger partial charge in [-0.2, -0.15) is 0 Å².